The van der Waals surface area contributed by atoms with E-state index < -0.39 is 5.97 Å². The minimum atomic E-state index is -0.753. The van der Waals surface area contributed by atoms with E-state index >= 15 is 0 Å². The molecular formula is C14H24N2O4. The maximum absolute atomic E-state index is 12.2. The molecule has 0 aromatic heterocycles. The summed E-state index contributed by atoms with van der Waals surface area (Å²) in [5, 5.41) is 8.94. The SMILES string of the molecule is CC1CN(C(=O)CN2CC(C(C)C(=O)O)C2)CC(C)O1. The fourth-order valence-corrected chi connectivity index (χ4v) is 2.93. The number of hydrogen-bond donors (Lipinski definition) is 1. The van der Waals surface area contributed by atoms with Gasteiger partial charge in [0.1, 0.15) is 0 Å². The van der Waals surface area contributed by atoms with E-state index in [1.54, 1.807) is 6.92 Å². The minimum absolute atomic E-state index is 0.0823. The zero-order chi connectivity index (χ0) is 14.9. The fourth-order valence-electron chi connectivity index (χ4n) is 2.93. The lowest BCUT2D eigenvalue weighted by atomic mass is 9.87. The normalized spacial score (nSPS) is 29.9. The van der Waals surface area contributed by atoms with Crippen LogP contribution < -0.4 is 0 Å². The monoisotopic (exact) mass is 284 g/mol. The first-order chi connectivity index (χ1) is 9.36. The number of likely N-dealkylation sites (tertiary alicyclic amines) is 1. The van der Waals surface area contributed by atoms with Gasteiger partial charge in [-0.2, -0.15) is 0 Å². The van der Waals surface area contributed by atoms with Crippen LogP contribution in [0.1, 0.15) is 20.8 Å². The van der Waals surface area contributed by atoms with Gasteiger partial charge in [-0.3, -0.25) is 14.5 Å². The smallest absolute Gasteiger partial charge is 0.306 e. The summed E-state index contributed by atoms with van der Waals surface area (Å²) in [6.07, 6.45) is 0.165. The maximum Gasteiger partial charge on any atom is 0.306 e. The van der Waals surface area contributed by atoms with Crippen molar-refractivity contribution in [2.24, 2.45) is 11.8 Å². The van der Waals surface area contributed by atoms with Crippen molar-refractivity contribution in [1.82, 2.24) is 9.80 Å². The molecule has 2 aliphatic rings. The van der Waals surface area contributed by atoms with Crippen molar-refractivity contribution in [3.05, 3.63) is 0 Å². The molecule has 0 aliphatic carbocycles. The number of carboxylic acid groups (broad SMARTS) is 1. The molecular weight excluding hydrogens is 260 g/mol. The van der Waals surface area contributed by atoms with Gasteiger partial charge in [0.05, 0.1) is 24.7 Å². The summed E-state index contributed by atoms with van der Waals surface area (Å²) in [7, 11) is 0. The Morgan fingerprint density at radius 2 is 1.75 bits per heavy atom. The molecule has 2 heterocycles. The number of carboxylic acids is 1. The third-order valence-corrected chi connectivity index (χ3v) is 4.21. The first-order valence-corrected chi connectivity index (χ1v) is 7.25. The molecule has 2 fully saturated rings. The molecule has 6 nitrogen and oxygen atoms in total. The van der Waals surface area contributed by atoms with Crippen LogP contribution in [0.25, 0.3) is 0 Å². The van der Waals surface area contributed by atoms with E-state index in [-0.39, 0.29) is 30.0 Å². The van der Waals surface area contributed by atoms with E-state index in [1.165, 1.54) is 0 Å². The lowest BCUT2D eigenvalue weighted by molar-refractivity contribution is -0.149. The number of carbonyl (C=O) groups is 2. The second-order valence-corrected chi connectivity index (χ2v) is 6.14. The van der Waals surface area contributed by atoms with Gasteiger partial charge in [0.25, 0.3) is 0 Å². The highest BCUT2D eigenvalue weighted by molar-refractivity contribution is 5.78. The van der Waals surface area contributed by atoms with Crippen molar-refractivity contribution >= 4 is 11.9 Å². The van der Waals surface area contributed by atoms with Gasteiger partial charge in [0.2, 0.25) is 5.91 Å². The van der Waals surface area contributed by atoms with Gasteiger partial charge in [-0.15, -0.1) is 0 Å². The molecule has 3 unspecified atom stereocenters. The van der Waals surface area contributed by atoms with Crippen molar-refractivity contribution in [2.45, 2.75) is 33.0 Å². The number of amides is 1. The molecule has 0 radical (unpaired) electrons. The summed E-state index contributed by atoms with van der Waals surface area (Å²) in [5.74, 6) is -0.794. The van der Waals surface area contributed by atoms with Crippen molar-refractivity contribution in [3.63, 3.8) is 0 Å². The topological polar surface area (TPSA) is 70.1 Å². The maximum atomic E-state index is 12.2. The standard InChI is InChI=1S/C14H24N2O4/c1-9-4-16(5-10(2)20-9)13(17)8-15-6-12(7-15)11(3)14(18)19/h9-12H,4-8H2,1-3H3,(H,18,19). The van der Waals surface area contributed by atoms with Gasteiger partial charge >= 0.3 is 5.97 Å². The Morgan fingerprint density at radius 1 is 1.20 bits per heavy atom. The molecule has 6 heteroatoms. The highest BCUT2D eigenvalue weighted by atomic mass is 16.5. The second kappa shape index (κ2) is 6.10. The largest absolute Gasteiger partial charge is 0.481 e. The molecule has 2 rings (SSSR count). The third kappa shape index (κ3) is 3.49. The quantitative estimate of drug-likeness (QED) is 0.802. The molecule has 114 valence electrons. The summed E-state index contributed by atoms with van der Waals surface area (Å²) in [6.45, 7) is 8.77. The number of carbonyl (C=O) groups excluding carboxylic acids is 1. The highest BCUT2D eigenvalue weighted by Crippen LogP contribution is 2.24. The summed E-state index contributed by atoms with van der Waals surface area (Å²) in [5.41, 5.74) is 0. The van der Waals surface area contributed by atoms with E-state index in [0.29, 0.717) is 32.7 Å². The molecule has 0 aromatic carbocycles. The van der Waals surface area contributed by atoms with Crippen LogP contribution in [0.3, 0.4) is 0 Å². The van der Waals surface area contributed by atoms with Gasteiger partial charge in [0, 0.05) is 26.2 Å². The summed E-state index contributed by atoms with van der Waals surface area (Å²) >= 11 is 0. The minimum Gasteiger partial charge on any atom is -0.481 e. The Morgan fingerprint density at radius 3 is 2.25 bits per heavy atom. The first kappa shape index (κ1) is 15.3. The Hall–Kier alpha value is -1.14. The Kier molecular flexibility index (Phi) is 4.65. The van der Waals surface area contributed by atoms with Crippen LogP contribution in [-0.2, 0) is 14.3 Å². The Labute approximate surface area is 119 Å². The molecule has 0 aromatic rings. The van der Waals surface area contributed by atoms with Gasteiger partial charge in [-0.1, -0.05) is 6.92 Å². The van der Waals surface area contributed by atoms with Crippen molar-refractivity contribution in [3.8, 4) is 0 Å². The number of ether oxygens (including phenoxy) is 1. The second-order valence-electron chi connectivity index (χ2n) is 6.14. The molecule has 20 heavy (non-hydrogen) atoms. The van der Waals surface area contributed by atoms with Crippen LogP contribution >= 0.6 is 0 Å². The van der Waals surface area contributed by atoms with Crippen LogP contribution in [0.4, 0.5) is 0 Å². The van der Waals surface area contributed by atoms with E-state index in [4.69, 9.17) is 9.84 Å². The Bertz CT molecular complexity index is 371. The fraction of sp³-hybridized carbons (Fsp3) is 0.857. The van der Waals surface area contributed by atoms with E-state index in [2.05, 4.69) is 0 Å². The molecule has 2 aliphatic heterocycles. The van der Waals surface area contributed by atoms with Crippen molar-refractivity contribution in [1.29, 1.82) is 0 Å². The highest BCUT2D eigenvalue weighted by Gasteiger charge is 2.36. The van der Waals surface area contributed by atoms with Crippen LogP contribution in [0.2, 0.25) is 0 Å². The molecule has 2 saturated heterocycles. The predicted octanol–water partition coefficient (Wildman–Crippen LogP) is 0.275. The van der Waals surface area contributed by atoms with E-state index in [9.17, 15) is 9.59 Å². The molecule has 0 bridgehead atoms. The first-order valence-electron chi connectivity index (χ1n) is 7.25. The van der Waals surface area contributed by atoms with Crippen molar-refractivity contribution in [2.75, 3.05) is 32.7 Å². The number of morpholine rings is 1. The molecule has 1 N–H and O–H groups in total. The molecule has 1 amide bonds. The third-order valence-electron chi connectivity index (χ3n) is 4.21. The lowest BCUT2D eigenvalue weighted by Gasteiger charge is -2.42. The summed E-state index contributed by atoms with van der Waals surface area (Å²) in [4.78, 5) is 27.0. The van der Waals surface area contributed by atoms with Gasteiger partial charge in [0.15, 0.2) is 0 Å². The van der Waals surface area contributed by atoms with E-state index in [1.807, 2.05) is 23.6 Å². The van der Waals surface area contributed by atoms with E-state index in [0.717, 1.165) is 0 Å². The van der Waals surface area contributed by atoms with Crippen LogP contribution in [-0.4, -0.2) is 71.7 Å². The van der Waals surface area contributed by atoms with Crippen molar-refractivity contribution < 1.29 is 19.4 Å². The van der Waals surface area contributed by atoms with Crippen LogP contribution in [0, 0.1) is 11.8 Å². The predicted molar refractivity (Wildman–Crippen MR) is 73.3 cm³/mol. The summed E-state index contributed by atoms with van der Waals surface area (Å²) in [6, 6.07) is 0. The summed E-state index contributed by atoms with van der Waals surface area (Å²) < 4.78 is 5.61. The Balaban J connectivity index is 1.75. The van der Waals surface area contributed by atoms with Gasteiger partial charge < -0.3 is 14.7 Å². The van der Waals surface area contributed by atoms with Crippen LogP contribution in [0.15, 0.2) is 0 Å². The average Bonchev–Trinajstić information content (AvgIpc) is 2.30. The van der Waals surface area contributed by atoms with Crippen LogP contribution in [0.5, 0.6) is 0 Å². The zero-order valence-corrected chi connectivity index (χ0v) is 12.4. The van der Waals surface area contributed by atoms with Gasteiger partial charge in [-0.25, -0.2) is 0 Å². The average molecular weight is 284 g/mol. The number of nitrogens with zero attached hydrogens (tertiary/aromatic N) is 2. The lowest BCUT2D eigenvalue weighted by Crippen LogP contribution is -2.56. The number of rotatable bonds is 4. The van der Waals surface area contributed by atoms with Gasteiger partial charge in [-0.05, 0) is 19.8 Å². The molecule has 3 atom stereocenters. The number of aliphatic carboxylic acids is 1. The number of hydrogen-bond acceptors (Lipinski definition) is 4. The zero-order valence-electron chi connectivity index (χ0n) is 12.4. The molecule has 0 spiro atoms. The molecule has 0 saturated carbocycles.